The third-order valence-electron chi connectivity index (χ3n) is 3.58. The van der Waals surface area contributed by atoms with E-state index in [1.54, 1.807) is 6.07 Å². The molecule has 24 heavy (non-hydrogen) atoms. The number of ether oxygens (including phenoxy) is 2. The van der Waals surface area contributed by atoms with E-state index in [2.05, 4.69) is 9.72 Å². The van der Waals surface area contributed by atoms with Crippen LogP contribution in [0.1, 0.15) is 11.3 Å². The van der Waals surface area contributed by atoms with Crippen LogP contribution >= 0.6 is 11.6 Å². The predicted octanol–water partition coefficient (Wildman–Crippen LogP) is 4.18. The minimum absolute atomic E-state index is 0.0957. The van der Waals surface area contributed by atoms with Crippen molar-refractivity contribution in [2.45, 2.75) is 13.0 Å². The summed E-state index contributed by atoms with van der Waals surface area (Å²) in [5, 5.41) is 1.32. The van der Waals surface area contributed by atoms with Crippen molar-refractivity contribution >= 4 is 28.5 Å². The van der Waals surface area contributed by atoms with E-state index in [9.17, 15) is 4.79 Å². The molecule has 1 aromatic heterocycles. The summed E-state index contributed by atoms with van der Waals surface area (Å²) in [5.74, 6) is 0.372. The number of benzene rings is 2. The van der Waals surface area contributed by atoms with Crippen LogP contribution in [-0.2, 0) is 22.6 Å². The Kier molecular flexibility index (Phi) is 4.96. The minimum atomic E-state index is -0.347. The Morgan fingerprint density at radius 3 is 2.67 bits per heavy atom. The fraction of sp³-hybridized carbons (Fsp3) is 0.158. The molecule has 3 aromatic rings. The number of carbonyl (C=O) groups is 1. The Bertz CT molecular complexity index is 865. The number of halogens is 1. The normalized spacial score (nSPS) is 10.6. The lowest BCUT2D eigenvalue weighted by molar-refractivity contribution is -0.139. The van der Waals surface area contributed by atoms with Gasteiger partial charge in [0.05, 0.1) is 29.8 Å². The Morgan fingerprint density at radius 2 is 1.92 bits per heavy atom. The third-order valence-corrected chi connectivity index (χ3v) is 3.90. The maximum absolute atomic E-state index is 11.4. The van der Waals surface area contributed by atoms with Crippen molar-refractivity contribution in [3.63, 3.8) is 0 Å². The summed E-state index contributed by atoms with van der Waals surface area (Å²) in [4.78, 5) is 15.8. The molecule has 0 saturated heterocycles. The van der Waals surface area contributed by atoms with Gasteiger partial charge in [-0.25, -0.2) is 0 Å². The summed E-state index contributed by atoms with van der Waals surface area (Å²) in [6, 6.07) is 17.2. The molecule has 0 amide bonds. The van der Waals surface area contributed by atoms with Crippen molar-refractivity contribution in [1.82, 2.24) is 4.98 Å². The van der Waals surface area contributed by atoms with Crippen LogP contribution in [-0.4, -0.2) is 18.1 Å². The Balaban J connectivity index is 1.81. The maximum Gasteiger partial charge on any atom is 0.311 e. The first-order valence-electron chi connectivity index (χ1n) is 7.48. The smallest absolute Gasteiger partial charge is 0.311 e. The largest absolute Gasteiger partial charge is 0.489 e. The van der Waals surface area contributed by atoms with Crippen LogP contribution in [0.3, 0.4) is 0 Å². The van der Waals surface area contributed by atoms with Gasteiger partial charge < -0.3 is 9.47 Å². The number of pyridine rings is 1. The maximum atomic E-state index is 11.4. The highest BCUT2D eigenvalue weighted by molar-refractivity contribution is 6.35. The fourth-order valence-corrected chi connectivity index (χ4v) is 2.63. The number of methoxy groups -OCH3 is 1. The third kappa shape index (κ3) is 3.84. The zero-order valence-electron chi connectivity index (χ0n) is 13.2. The number of rotatable bonds is 5. The fourth-order valence-electron chi connectivity index (χ4n) is 2.36. The number of esters is 1. The molecule has 2 aromatic carbocycles. The number of hydrogen-bond donors (Lipinski definition) is 0. The van der Waals surface area contributed by atoms with Crippen LogP contribution < -0.4 is 4.74 Å². The molecule has 5 heteroatoms. The van der Waals surface area contributed by atoms with Gasteiger partial charge in [0.25, 0.3) is 0 Å². The number of aromatic nitrogens is 1. The Hall–Kier alpha value is -2.59. The number of nitrogens with zero attached hydrogens (tertiary/aromatic N) is 1. The van der Waals surface area contributed by atoms with E-state index >= 15 is 0 Å². The van der Waals surface area contributed by atoms with Gasteiger partial charge in [-0.05, 0) is 29.8 Å². The molecule has 1 heterocycles. The lowest BCUT2D eigenvalue weighted by Gasteiger charge is -2.09. The van der Waals surface area contributed by atoms with Crippen molar-refractivity contribution < 1.29 is 14.3 Å². The first-order valence-corrected chi connectivity index (χ1v) is 7.86. The number of carbonyl (C=O) groups excluding carboxylic acids is 1. The van der Waals surface area contributed by atoms with Crippen molar-refractivity contribution in [3.8, 4) is 5.75 Å². The summed E-state index contributed by atoms with van der Waals surface area (Å²) in [5.41, 5.74) is 2.39. The minimum Gasteiger partial charge on any atom is -0.489 e. The predicted molar refractivity (Wildman–Crippen MR) is 93.2 cm³/mol. The average molecular weight is 342 g/mol. The number of hydrogen-bond acceptors (Lipinski definition) is 4. The van der Waals surface area contributed by atoms with E-state index in [1.165, 1.54) is 7.11 Å². The van der Waals surface area contributed by atoms with Gasteiger partial charge in [0.2, 0.25) is 0 Å². The van der Waals surface area contributed by atoms with Crippen LogP contribution in [0.2, 0.25) is 5.02 Å². The van der Waals surface area contributed by atoms with Crippen molar-refractivity contribution in [1.29, 1.82) is 0 Å². The van der Waals surface area contributed by atoms with E-state index in [4.69, 9.17) is 16.3 Å². The molecule has 0 bridgehead atoms. The second kappa shape index (κ2) is 7.32. The topological polar surface area (TPSA) is 48.4 Å². The number of fused-ring (bicyclic) bond motifs is 1. The molecule has 0 spiro atoms. The van der Waals surface area contributed by atoms with E-state index in [1.807, 2.05) is 48.5 Å². The summed E-state index contributed by atoms with van der Waals surface area (Å²) in [7, 11) is 1.35. The molecule has 0 atom stereocenters. The molecular formula is C19H16ClNO3. The van der Waals surface area contributed by atoms with Gasteiger partial charge in [-0.1, -0.05) is 41.9 Å². The van der Waals surface area contributed by atoms with Crippen LogP contribution in [0.5, 0.6) is 5.75 Å². The van der Waals surface area contributed by atoms with E-state index in [0.717, 1.165) is 16.7 Å². The van der Waals surface area contributed by atoms with Gasteiger partial charge in [0, 0.05) is 5.39 Å². The molecule has 0 fully saturated rings. The standard InChI is InChI=1S/C19H16ClNO3/c1-23-19(22)10-14-9-17(20)16-11-15(7-8-18(16)21-14)24-12-13-5-3-2-4-6-13/h2-9,11H,10,12H2,1H3. The molecule has 0 aliphatic rings. The highest BCUT2D eigenvalue weighted by Gasteiger charge is 2.10. The molecule has 0 aliphatic carbocycles. The lowest BCUT2D eigenvalue weighted by atomic mass is 10.1. The molecule has 0 unspecified atom stereocenters. The summed E-state index contributed by atoms with van der Waals surface area (Å²) >= 11 is 6.33. The van der Waals surface area contributed by atoms with Crippen molar-refractivity contribution in [2.75, 3.05) is 7.11 Å². The van der Waals surface area contributed by atoms with Gasteiger partial charge in [-0.3, -0.25) is 9.78 Å². The van der Waals surface area contributed by atoms with Crippen LogP contribution in [0.4, 0.5) is 0 Å². The van der Waals surface area contributed by atoms with Gasteiger partial charge in [-0.15, -0.1) is 0 Å². The lowest BCUT2D eigenvalue weighted by Crippen LogP contribution is -2.06. The van der Waals surface area contributed by atoms with E-state index < -0.39 is 0 Å². The molecule has 0 saturated carbocycles. The van der Waals surface area contributed by atoms with Gasteiger partial charge in [0.1, 0.15) is 12.4 Å². The Morgan fingerprint density at radius 1 is 1.12 bits per heavy atom. The first-order chi connectivity index (χ1) is 11.7. The molecule has 3 rings (SSSR count). The average Bonchev–Trinajstić information content (AvgIpc) is 2.61. The monoisotopic (exact) mass is 341 g/mol. The van der Waals surface area contributed by atoms with Crippen molar-refractivity contribution in [3.05, 3.63) is 70.9 Å². The second-order valence-electron chi connectivity index (χ2n) is 5.30. The molecule has 0 aliphatic heterocycles. The van der Waals surface area contributed by atoms with Crippen LogP contribution in [0.15, 0.2) is 54.6 Å². The molecule has 4 nitrogen and oxygen atoms in total. The van der Waals surface area contributed by atoms with Crippen molar-refractivity contribution in [2.24, 2.45) is 0 Å². The van der Waals surface area contributed by atoms with E-state index in [0.29, 0.717) is 22.8 Å². The SMILES string of the molecule is COC(=O)Cc1cc(Cl)c2cc(OCc3ccccc3)ccc2n1. The highest BCUT2D eigenvalue weighted by Crippen LogP contribution is 2.27. The molecular weight excluding hydrogens is 326 g/mol. The van der Waals surface area contributed by atoms with Gasteiger partial charge >= 0.3 is 5.97 Å². The Labute approximate surface area is 145 Å². The summed E-state index contributed by atoms with van der Waals surface area (Å²) < 4.78 is 10.5. The van der Waals surface area contributed by atoms with Crippen LogP contribution in [0.25, 0.3) is 10.9 Å². The molecule has 0 N–H and O–H groups in total. The molecule has 122 valence electrons. The quantitative estimate of drug-likeness (QED) is 0.653. The van der Waals surface area contributed by atoms with Gasteiger partial charge in [0.15, 0.2) is 0 Å². The van der Waals surface area contributed by atoms with Crippen LogP contribution in [0, 0.1) is 0 Å². The summed E-state index contributed by atoms with van der Waals surface area (Å²) in [6.07, 6.45) is 0.0957. The molecule has 0 radical (unpaired) electrons. The second-order valence-corrected chi connectivity index (χ2v) is 5.71. The summed E-state index contributed by atoms with van der Waals surface area (Å²) in [6.45, 7) is 0.484. The zero-order chi connectivity index (χ0) is 16.9. The highest BCUT2D eigenvalue weighted by atomic mass is 35.5. The van der Waals surface area contributed by atoms with E-state index in [-0.39, 0.29) is 12.4 Å². The first kappa shape index (κ1) is 16.3. The van der Waals surface area contributed by atoms with Gasteiger partial charge in [-0.2, -0.15) is 0 Å². The zero-order valence-corrected chi connectivity index (χ0v) is 13.9.